The first-order valence-electron chi connectivity index (χ1n) is 38.3. The molecule has 0 amide bonds. The molecule has 0 saturated heterocycles. The van der Waals surface area contributed by atoms with Crippen molar-refractivity contribution >= 4 is 138 Å². The van der Waals surface area contributed by atoms with Gasteiger partial charge in [-0.3, -0.25) is 0 Å². The van der Waals surface area contributed by atoms with E-state index in [2.05, 4.69) is 300 Å². The van der Waals surface area contributed by atoms with Crippen molar-refractivity contribution in [3.8, 4) is 113 Å². The molecule has 0 unspecified atom stereocenters. The highest BCUT2D eigenvalue weighted by atomic mass is 32.1. The van der Waals surface area contributed by atoms with E-state index in [1.54, 1.807) is 0 Å². The van der Waals surface area contributed by atoms with E-state index in [4.69, 9.17) is 29.9 Å². The molecule has 0 spiro atoms. The van der Waals surface area contributed by atoms with Crippen LogP contribution in [0.15, 0.2) is 364 Å². The summed E-state index contributed by atoms with van der Waals surface area (Å²) in [6.07, 6.45) is 0.896. The fourth-order valence-electron chi connectivity index (χ4n) is 17.2. The van der Waals surface area contributed by atoms with E-state index >= 15 is 0 Å². The van der Waals surface area contributed by atoms with E-state index in [0.29, 0.717) is 34.9 Å². The lowest BCUT2D eigenvalue weighted by molar-refractivity contribution is 1.07. The molecule has 23 aromatic rings. The molecule has 0 atom stereocenters. The number of hydrogen-bond donors (Lipinski definition) is 0. The Hall–Kier alpha value is -14.2. The number of para-hydroxylation sites is 2. The number of hydrogen-bond acceptors (Lipinski definition) is 9. The van der Waals surface area contributed by atoms with Crippen LogP contribution in [0.4, 0.5) is 0 Å². The van der Waals surface area contributed by atoms with Gasteiger partial charge in [0.1, 0.15) is 0 Å². The molecule has 16 aromatic carbocycles. The van der Waals surface area contributed by atoms with Crippen molar-refractivity contribution in [2.24, 2.45) is 0 Å². The fraction of sp³-hybridized carbons (Fsp3) is 0.00971. The van der Waals surface area contributed by atoms with Crippen LogP contribution in [-0.4, -0.2) is 39.0 Å². The maximum Gasteiger partial charge on any atom is 0.165 e. The Morgan fingerprint density at radius 3 is 1.08 bits per heavy atom. The number of fused-ring (bicyclic) bond motifs is 18. The minimum Gasteiger partial charge on any atom is -0.309 e. The molecule has 8 nitrogen and oxygen atoms in total. The Kier molecular flexibility index (Phi) is 15.4. The Bertz CT molecular complexity index is 7720. The van der Waals surface area contributed by atoms with Gasteiger partial charge in [-0.15, -0.1) is 34.0 Å². The zero-order chi connectivity index (χ0) is 74.9. The van der Waals surface area contributed by atoms with Gasteiger partial charge in [0.05, 0.1) is 32.5 Å². The Labute approximate surface area is 666 Å². The molecular formula is C103H62N8S3. The van der Waals surface area contributed by atoms with Crippen LogP contribution in [0.1, 0.15) is 11.1 Å². The molecule has 0 bridgehead atoms. The summed E-state index contributed by atoms with van der Waals surface area (Å²) in [7, 11) is 0. The first-order valence-corrected chi connectivity index (χ1v) is 40.8. The lowest BCUT2D eigenvalue weighted by atomic mass is 10.0. The molecule has 532 valence electrons. The zero-order valence-corrected chi connectivity index (χ0v) is 63.6. The van der Waals surface area contributed by atoms with Crippen molar-refractivity contribution in [2.75, 3.05) is 0 Å². The molecule has 114 heavy (non-hydrogen) atoms. The molecule has 0 saturated carbocycles. The number of aromatic nitrogens is 8. The van der Waals surface area contributed by atoms with Gasteiger partial charge in [-0.25, -0.2) is 29.9 Å². The molecule has 1 aliphatic carbocycles. The summed E-state index contributed by atoms with van der Waals surface area (Å²) >= 11 is 5.57. The Balaban J connectivity index is 0.000000135. The van der Waals surface area contributed by atoms with Gasteiger partial charge in [0.25, 0.3) is 0 Å². The van der Waals surface area contributed by atoms with Gasteiger partial charge in [0.2, 0.25) is 0 Å². The Morgan fingerprint density at radius 1 is 0.202 bits per heavy atom. The molecule has 11 heteroatoms. The summed E-state index contributed by atoms with van der Waals surface area (Å²) < 4.78 is 12.6. The quantitative estimate of drug-likeness (QED) is 0.136. The molecule has 1 aliphatic rings. The lowest BCUT2D eigenvalue weighted by Gasteiger charge is -2.12. The van der Waals surface area contributed by atoms with Crippen molar-refractivity contribution in [1.82, 2.24) is 39.0 Å². The smallest absolute Gasteiger partial charge is 0.165 e. The second-order valence-electron chi connectivity index (χ2n) is 29.1. The number of rotatable bonds is 10. The van der Waals surface area contributed by atoms with Crippen molar-refractivity contribution in [3.63, 3.8) is 0 Å². The van der Waals surface area contributed by atoms with Crippen LogP contribution < -0.4 is 0 Å². The van der Waals surface area contributed by atoms with Crippen molar-refractivity contribution in [1.29, 1.82) is 0 Å². The molecular weight excluding hydrogens is 1450 g/mol. The van der Waals surface area contributed by atoms with Crippen LogP contribution >= 0.6 is 34.0 Å². The molecule has 0 radical (unpaired) electrons. The lowest BCUT2D eigenvalue weighted by Crippen LogP contribution is -2.00. The fourth-order valence-corrected chi connectivity index (χ4v) is 21.0. The van der Waals surface area contributed by atoms with Crippen molar-refractivity contribution in [2.45, 2.75) is 6.42 Å². The molecule has 0 fully saturated rings. The Morgan fingerprint density at radius 2 is 0.561 bits per heavy atom. The van der Waals surface area contributed by atoms with E-state index < -0.39 is 0 Å². The number of thiophene rings is 3. The van der Waals surface area contributed by atoms with Crippen LogP contribution in [0.3, 0.4) is 0 Å². The first kappa shape index (κ1) is 65.7. The highest BCUT2D eigenvalue weighted by Crippen LogP contribution is 2.49. The maximum absolute atomic E-state index is 5.12. The van der Waals surface area contributed by atoms with Gasteiger partial charge in [-0.2, -0.15) is 0 Å². The van der Waals surface area contributed by atoms with Crippen LogP contribution in [0, 0.1) is 0 Å². The maximum atomic E-state index is 5.12. The van der Waals surface area contributed by atoms with E-state index in [0.717, 1.165) is 55.9 Å². The summed E-state index contributed by atoms with van der Waals surface area (Å²) in [5, 5.41) is 12.7. The van der Waals surface area contributed by atoms with Gasteiger partial charge in [0.15, 0.2) is 34.9 Å². The summed E-state index contributed by atoms with van der Waals surface area (Å²) in [5.74, 6) is 3.98. The third kappa shape index (κ3) is 10.9. The van der Waals surface area contributed by atoms with Gasteiger partial charge in [-0.1, -0.05) is 285 Å². The zero-order valence-electron chi connectivity index (χ0n) is 61.2. The highest BCUT2D eigenvalue weighted by Gasteiger charge is 2.26. The van der Waals surface area contributed by atoms with Crippen molar-refractivity contribution < 1.29 is 0 Å². The summed E-state index contributed by atoms with van der Waals surface area (Å²) in [6, 6.07) is 130. The van der Waals surface area contributed by atoms with Gasteiger partial charge in [-0.05, 0) is 130 Å². The van der Waals surface area contributed by atoms with Crippen LogP contribution in [0.2, 0.25) is 0 Å². The van der Waals surface area contributed by atoms with E-state index in [-0.39, 0.29) is 0 Å². The SMILES string of the molecule is c1ccc(-c2nc(-c3ccccc3)nc(-c3ccc4c(c3)-c3cc(-n5c6ccccc6c6cc(-c7cccc8c7sc7ccccc78)ccc65)ccc3C4)n2)cc1.c1ccc(-c2nc(-c3ccccc3)nc(-c3cccc4c3sc3c(-n5c6ccccc6c6cc(-c7cccc8c7sc7ccccc78)ccc65)cccc34)n2)cc1. The topological polar surface area (TPSA) is 87.2 Å². The average Bonchev–Trinajstić information content (AvgIpc) is 1.57. The summed E-state index contributed by atoms with van der Waals surface area (Å²) in [5.41, 5.74) is 23.0. The van der Waals surface area contributed by atoms with Gasteiger partial charge >= 0.3 is 0 Å². The predicted octanol–water partition coefficient (Wildman–Crippen LogP) is 27.9. The molecule has 7 heterocycles. The molecule has 24 rings (SSSR count). The van der Waals surface area contributed by atoms with Gasteiger partial charge < -0.3 is 9.13 Å². The predicted molar refractivity (Wildman–Crippen MR) is 479 cm³/mol. The third-order valence-corrected chi connectivity index (χ3v) is 26.3. The molecule has 7 aromatic heterocycles. The monoisotopic (exact) mass is 1510 g/mol. The third-order valence-electron chi connectivity index (χ3n) is 22.6. The van der Waals surface area contributed by atoms with E-state index in [1.165, 1.54) is 144 Å². The average molecular weight is 1510 g/mol. The van der Waals surface area contributed by atoms with Crippen LogP contribution in [0.5, 0.6) is 0 Å². The second-order valence-corrected chi connectivity index (χ2v) is 32.3. The largest absolute Gasteiger partial charge is 0.309 e. The number of benzene rings is 16. The van der Waals surface area contributed by atoms with Crippen LogP contribution in [0.25, 0.3) is 217 Å². The number of nitrogens with zero attached hydrogens (tertiary/aromatic N) is 8. The standard InChI is InChI=1S/C52H32N4S.C51H30N4S2/c1-3-12-32(13-4-1)50-53-51(33-14-5-2-6-15-33)55-52(54-50)37-23-22-34-28-35-24-26-38(31-44(35)43(34)30-37)56-46-20-9-7-16-40(46)45-29-36(25-27-47(45)56)39-18-11-19-42-41-17-8-10-21-48(41)57-49(39)42;1-3-14-31(15-4-1)49-52-50(32-16-5-2-6-17-32)54-51(53-49)40-24-12-22-38-39-23-13-26-44(48(39)57-47(38)40)55-42-25-9-7-18-35(42)41-30-33(28-29-43(41)55)34-20-11-21-37-36-19-8-10-27-45(36)56-46(34)37/h1-27,29-31H,28H2;1-30H. The second kappa shape index (κ2) is 26.8. The summed E-state index contributed by atoms with van der Waals surface area (Å²) in [6.45, 7) is 0. The molecule has 0 aliphatic heterocycles. The minimum atomic E-state index is 0.659. The first-order chi connectivity index (χ1) is 56.5. The molecule has 0 N–H and O–H groups in total. The summed E-state index contributed by atoms with van der Waals surface area (Å²) in [4.78, 5) is 30.2. The van der Waals surface area contributed by atoms with Gasteiger partial charge in [0, 0.05) is 116 Å². The normalized spacial score (nSPS) is 12.0. The minimum absolute atomic E-state index is 0.659. The van der Waals surface area contributed by atoms with E-state index in [9.17, 15) is 0 Å². The van der Waals surface area contributed by atoms with E-state index in [1.807, 2.05) is 107 Å². The van der Waals surface area contributed by atoms with Crippen molar-refractivity contribution in [3.05, 3.63) is 375 Å². The van der Waals surface area contributed by atoms with Crippen LogP contribution in [-0.2, 0) is 6.42 Å². The highest BCUT2D eigenvalue weighted by molar-refractivity contribution is 7.27.